The number of hydrogen-bond donors (Lipinski definition) is 1. The van der Waals surface area contributed by atoms with E-state index in [0.29, 0.717) is 35.7 Å². The maximum absolute atomic E-state index is 14.2. The van der Waals surface area contributed by atoms with Crippen molar-refractivity contribution in [3.8, 4) is 11.5 Å². The summed E-state index contributed by atoms with van der Waals surface area (Å²) in [5.41, 5.74) is 3.92. The minimum absolute atomic E-state index is 0.0368. The molecule has 4 aromatic rings. The zero-order chi connectivity index (χ0) is 29.1. The van der Waals surface area contributed by atoms with Crippen molar-refractivity contribution in [2.45, 2.75) is 38.1 Å². The molecule has 2 aliphatic rings. The third-order valence-corrected chi connectivity index (χ3v) is 7.63. The van der Waals surface area contributed by atoms with Crippen LogP contribution >= 0.6 is 0 Å². The van der Waals surface area contributed by atoms with Gasteiger partial charge in [-0.2, -0.15) is 0 Å². The molecule has 3 heterocycles. The van der Waals surface area contributed by atoms with Crippen LogP contribution in [0.2, 0.25) is 0 Å². The van der Waals surface area contributed by atoms with Crippen LogP contribution in [-0.4, -0.2) is 71.9 Å². The largest absolute Gasteiger partial charge is 0.454 e. The van der Waals surface area contributed by atoms with Gasteiger partial charge in [-0.05, 0) is 60.4 Å². The zero-order valence-corrected chi connectivity index (χ0v) is 23.7. The molecule has 0 radical (unpaired) electrons. The summed E-state index contributed by atoms with van der Waals surface area (Å²) in [6.07, 6.45) is 1.82. The third-order valence-electron chi connectivity index (χ3n) is 7.63. The maximum Gasteiger partial charge on any atom is 0.247 e. The van der Waals surface area contributed by atoms with Crippen LogP contribution in [0.5, 0.6) is 11.5 Å². The van der Waals surface area contributed by atoms with Gasteiger partial charge in [0.2, 0.25) is 18.6 Å². The molecule has 2 aliphatic heterocycles. The number of benzene rings is 3. The second-order valence-corrected chi connectivity index (χ2v) is 10.7. The Labute approximate surface area is 243 Å². The van der Waals surface area contributed by atoms with Gasteiger partial charge in [-0.25, -0.2) is 4.68 Å². The Kier molecular flexibility index (Phi) is 7.91. The molecule has 0 spiro atoms. The van der Waals surface area contributed by atoms with Crippen molar-refractivity contribution in [1.82, 2.24) is 25.2 Å². The summed E-state index contributed by atoms with van der Waals surface area (Å²) in [5, 5.41) is 11.5. The molecular formula is C31H34N6O5. The molecule has 2 atom stereocenters. The minimum atomic E-state index is -0.907. The van der Waals surface area contributed by atoms with Crippen LogP contribution in [0, 0.1) is 0 Å². The number of amides is 2. The van der Waals surface area contributed by atoms with Crippen molar-refractivity contribution in [3.05, 3.63) is 77.9 Å². The number of ether oxygens (including phenoxy) is 3. The Balaban J connectivity index is 1.36. The van der Waals surface area contributed by atoms with Crippen LogP contribution in [0.4, 0.5) is 5.69 Å². The molecule has 6 rings (SSSR count). The van der Waals surface area contributed by atoms with Gasteiger partial charge in [-0.3, -0.25) is 9.59 Å². The van der Waals surface area contributed by atoms with E-state index in [9.17, 15) is 9.59 Å². The van der Waals surface area contributed by atoms with E-state index in [1.807, 2.05) is 85.7 Å². The van der Waals surface area contributed by atoms with E-state index < -0.39 is 6.04 Å². The highest BCUT2D eigenvalue weighted by Crippen LogP contribution is 2.34. The van der Waals surface area contributed by atoms with Gasteiger partial charge in [0.05, 0.1) is 11.6 Å². The van der Waals surface area contributed by atoms with Crippen molar-refractivity contribution in [3.63, 3.8) is 0 Å². The van der Waals surface area contributed by atoms with E-state index in [2.05, 4.69) is 15.6 Å². The molecule has 0 aliphatic carbocycles. The standard InChI is InChI=1S/C31H34N6O5/c1-35(2)23-12-10-22(11-13-23)30(31(39)32-17-24-6-5-15-40-24)36(18-21-9-14-27-28(16-21)42-20-41-27)29(38)19-37-26-8-4-3-7-25(26)33-34-37/h3-4,7-14,16,24,30H,5-6,15,17-20H2,1-2H3,(H,32,39)/t24-,30+/m0/s1. The fourth-order valence-electron chi connectivity index (χ4n) is 5.36. The smallest absolute Gasteiger partial charge is 0.247 e. The van der Waals surface area contributed by atoms with Crippen LogP contribution in [0.3, 0.4) is 0 Å². The Morgan fingerprint density at radius 3 is 2.64 bits per heavy atom. The third kappa shape index (κ3) is 5.87. The molecular weight excluding hydrogens is 536 g/mol. The second-order valence-electron chi connectivity index (χ2n) is 10.7. The van der Waals surface area contributed by atoms with Crippen molar-refractivity contribution in [1.29, 1.82) is 0 Å². The van der Waals surface area contributed by atoms with E-state index in [4.69, 9.17) is 14.2 Å². The number of para-hydroxylation sites is 1. The first-order chi connectivity index (χ1) is 20.5. The van der Waals surface area contributed by atoms with Gasteiger partial charge in [-0.1, -0.05) is 35.5 Å². The number of anilines is 1. The predicted octanol–water partition coefficient (Wildman–Crippen LogP) is 3.29. The number of fused-ring (bicyclic) bond motifs is 2. The van der Waals surface area contributed by atoms with Gasteiger partial charge in [0.25, 0.3) is 0 Å². The van der Waals surface area contributed by atoms with Crippen molar-refractivity contribution >= 4 is 28.5 Å². The molecule has 0 unspecified atom stereocenters. The SMILES string of the molecule is CN(C)c1ccc([C@H](C(=O)NC[C@@H]2CCCO2)N(Cc2ccc3c(c2)OCO3)C(=O)Cn2nnc3ccccc32)cc1. The number of nitrogens with one attached hydrogen (secondary N) is 1. The number of hydrogen-bond acceptors (Lipinski definition) is 8. The summed E-state index contributed by atoms with van der Waals surface area (Å²) in [6.45, 7) is 1.29. The molecule has 1 aromatic heterocycles. The van der Waals surface area contributed by atoms with Gasteiger partial charge in [0.1, 0.15) is 18.1 Å². The quantitative estimate of drug-likeness (QED) is 0.309. The predicted molar refractivity (Wildman–Crippen MR) is 156 cm³/mol. The molecule has 1 N–H and O–H groups in total. The van der Waals surface area contributed by atoms with E-state index in [0.717, 1.165) is 29.6 Å². The number of aromatic nitrogens is 3. The topological polar surface area (TPSA) is 111 Å². The zero-order valence-electron chi connectivity index (χ0n) is 23.7. The summed E-state index contributed by atoms with van der Waals surface area (Å²) < 4.78 is 18.4. The monoisotopic (exact) mass is 570 g/mol. The van der Waals surface area contributed by atoms with Gasteiger partial charge in [0, 0.05) is 39.5 Å². The second kappa shape index (κ2) is 12.1. The van der Waals surface area contributed by atoms with E-state index >= 15 is 0 Å². The highest BCUT2D eigenvalue weighted by Gasteiger charge is 2.33. The minimum Gasteiger partial charge on any atom is -0.454 e. The van der Waals surface area contributed by atoms with Crippen LogP contribution in [0.1, 0.15) is 30.0 Å². The van der Waals surface area contributed by atoms with Gasteiger partial charge in [0.15, 0.2) is 11.5 Å². The number of carbonyl (C=O) groups excluding carboxylic acids is 2. The molecule has 0 bridgehead atoms. The molecule has 218 valence electrons. The molecule has 1 saturated heterocycles. The Hall–Kier alpha value is -4.64. The first-order valence-corrected chi connectivity index (χ1v) is 14.1. The maximum atomic E-state index is 14.2. The van der Waals surface area contributed by atoms with Crippen LogP contribution in [0.25, 0.3) is 11.0 Å². The molecule has 2 amide bonds. The van der Waals surface area contributed by atoms with E-state index in [1.165, 1.54) is 0 Å². The Morgan fingerprint density at radius 2 is 1.86 bits per heavy atom. The lowest BCUT2D eigenvalue weighted by atomic mass is 10.0. The molecule has 0 saturated carbocycles. The van der Waals surface area contributed by atoms with Crippen LogP contribution in [0.15, 0.2) is 66.7 Å². The molecule has 11 heteroatoms. The van der Waals surface area contributed by atoms with E-state index in [1.54, 1.807) is 9.58 Å². The lowest BCUT2D eigenvalue weighted by molar-refractivity contribution is -0.142. The summed E-state index contributed by atoms with van der Waals surface area (Å²) in [4.78, 5) is 31.8. The van der Waals surface area contributed by atoms with Gasteiger partial charge < -0.3 is 29.3 Å². The summed E-state index contributed by atoms with van der Waals surface area (Å²) >= 11 is 0. The van der Waals surface area contributed by atoms with Gasteiger partial charge in [-0.15, -0.1) is 5.10 Å². The molecule has 3 aromatic carbocycles. The molecule has 1 fully saturated rings. The fraction of sp³-hybridized carbons (Fsp3) is 0.355. The van der Waals surface area contributed by atoms with Crippen molar-refractivity contribution in [2.75, 3.05) is 38.9 Å². The number of carbonyl (C=O) groups is 2. The highest BCUT2D eigenvalue weighted by molar-refractivity contribution is 5.89. The first-order valence-electron chi connectivity index (χ1n) is 14.1. The lowest BCUT2D eigenvalue weighted by Gasteiger charge is -2.32. The number of nitrogens with zero attached hydrogens (tertiary/aromatic N) is 5. The number of rotatable bonds is 10. The average Bonchev–Trinajstić information content (AvgIpc) is 3.78. The first kappa shape index (κ1) is 27.5. The summed E-state index contributed by atoms with van der Waals surface area (Å²) in [7, 11) is 3.91. The fourth-order valence-corrected chi connectivity index (χ4v) is 5.36. The normalized spacial score (nSPS) is 16.4. The van der Waals surface area contributed by atoms with E-state index in [-0.39, 0.29) is 37.8 Å². The highest BCUT2D eigenvalue weighted by atomic mass is 16.7. The lowest BCUT2D eigenvalue weighted by Crippen LogP contribution is -2.46. The van der Waals surface area contributed by atoms with Crippen LogP contribution < -0.4 is 19.7 Å². The van der Waals surface area contributed by atoms with Crippen LogP contribution in [-0.2, 0) is 27.4 Å². The summed E-state index contributed by atoms with van der Waals surface area (Å²) in [6, 6.07) is 19.8. The van der Waals surface area contributed by atoms with Crippen molar-refractivity contribution < 1.29 is 23.8 Å². The molecule has 11 nitrogen and oxygen atoms in total. The van der Waals surface area contributed by atoms with Crippen molar-refractivity contribution in [2.24, 2.45) is 0 Å². The Bertz CT molecular complexity index is 1560. The van der Waals surface area contributed by atoms with Gasteiger partial charge >= 0.3 is 0 Å². The average molecular weight is 571 g/mol. The summed E-state index contributed by atoms with van der Waals surface area (Å²) in [5.74, 6) is 0.700. The molecule has 42 heavy (non-hydrogen) atoms. The Morgan fingerprint density at radius 1 is 1.05 bits per heavy atom.